The third-order valence-electron chi connectivity index (χ3n) is 5.03. The predicted molar refractivity (Wildman–Crippen MR) is 138 cm³/mol. The van der Waals surface area contributed by atoms with Crippen molar-refractivity contribution >= 4 is 35.6 Å². The van der Waals surface area contributed by atoms with Gasteiger partial charge < -0.3 is 20.1 Å². The van der Waals surface area contributed by atoms with Crippen molar-refractivity contribution in [3.05, 3.63) is 72.3 Å². The maximum absolute atomic E-state index is 13.9. The van der Waals surface area contributed by atoms with Crippen molar-refractivity contribution in [2.75, 3.05) is 31.6 Å². The van der Waals surface area contributed by atoms with Gasteiger partial charge >= 0.3 is 0 Å². The first-order valence-corrected chi connectivity index (χ1v) is 10.9. The van der Waals surface area contributed by atoms with Gasteiger partial charge in [0.1, 0.15) is 5.82 Å². The molecule has 0 saturated carbocycles. The molecule has 3 aromatic rings. The lowest BCUT2D eigenvalue weighted by Gasteiger charge is -2.15. The minimum absolute atomic E-state index is 0. The lowest BCUT2D eigenvalue weighted by Crippen LogP contribution is -2.33. The second kappa shape index (κ2) is 13.0. The number of rotatable bonds is 8. The summed E-state index contributed by atoms with van der Waals surface area (Å²) < 4.78 is 27.3. The van der Waals surface area contributed by atoms with E-state index in [0.717, 1.165) is 36.6 Å². The zero-order valence-corrected chi connectivity index (χ0v) is 20.7. The Hall–Kier alpha value is -2.82. The fraction of sp³-hybridized carbons (Fsp3) is 0.333. The Kier molecular flexibility index (Phi) is 9.79. The Bertz CT molecular complexity index is 1030. The first kappa shape index (κ1) is 24.8. The van der Waals surface area contributed by atoms with Crippen molar-refractivity contribution < 1.29 is 13.9 Å². The van der Waals surface area contributed by atoms with Crippen LogP contribution in [0.1, 0.15) is 18.4 Å². The fourth-order valence-corrected chi connectivity index (χ4v) is 3.39. The SMILES string of the molecule is Fc1ccccc1CCNC(=NCCCn1cccn1)Nc1ccc2c(c1)OCCCO2.I. The molecule has 1 aliphatic heterocycles. The third-order valence-corrected chi connectivity index (χ3v) is 5.03. The van der Waals surface area contributed by atoms with E-state index in [1.54, 1.807) is 18.3 Å². The molecule has 0 spiro atoms. The van der Waals surface area contributed by atoms with Crippen LogP contribution in [0, 0.1) is 5.82 Å². The van der Waals surface area contributed by atoms with Gasteiger partial charge in [0.15, 0.2) is 17.5 Å². The smallest absolute Gasteiger partial charge is 0.195 e. The van der Waals surface area contributed by atoms with Crippen molar-refractivity contribution in [1.29, 1.82) is 0 Å². The largest absolute Gasteiger partial charge is 0.490 e. The molecule has 1 aliphatic rings. The number of aryl methyl sites for hydroxylation is 1. The number of halogens is 2. The molecular formula is C24H29FIN5O2. The number of hydrogen-bond donors (Lipinski definition) is 2. The van der Waals surface area contributed by atoms with Crippen LogP contribution < -0.4 is 20.1 Å². The molecule has 7 nitrogen and oxygen atoms in total. The molecular weight excluding hydrogens is 536 g/mol. The Morgan fingerprint density at radius 3 is 2.76 bits per heavy atom. The van der Waals surface area contributed by atoms with E-state index >= 15 is 0 Å². The second-order valence-electron chi connectivity index (χ2n) is 7.46. The highest BCUT2D eigenvalue weighted by atomic mass is 127. The summed E-state index contributed by atoms with van der Waals surface area (Å²) >= 11 is 0. The predicted octanol–water partition coefficient (Wildman–Crippen LogP) is 4.49. The number of benzene rings is 2. The highest BCUT2D eigenvalue weighted by Gasteiger charge is 2.11. The van der Waals surface area contributed by atoms with Gasteiger partial charge in [-0.25, -0.2) is 4.39 Å². The molecule has 9 heteroatoms. The molecule has 0 bridgehead atoms. The van der Waals surface area contributed by atoms with E-state index in [0.29, 0.717) is 44.2 Å². The first-order valence-electron chi connectivity index (χ1n) is 10.9. The highest BCUT2D eigenvalue weighted by Crippen LogP contribution is 2.32. The van der Waals surface area contributed by atoms with Gasteiger partial charge in [-0.1, -0.05) is 18.2 Å². The van der Waals surface area contributed by atoms with Gasteiger partial charge in [0, 0.05) is 50.2 Å². The van der Waals surface area contributed by atoms with Gasteiger partial charge in [-0.2, -0.15) is 5.10 Å². The highest BCUT2D eigenvalue weighted by molar-refractivity contribution is 14.0. The maximum atomic E-state index is 13.9. The Morgan fingerprint density at radius 1 is 1.09 bits per heavy atom. The summed E-state index contributed by atoms with van der Waals surface area (Å²) in [7, 11) is 0. The second-order valence-corrected chi connectivity index (χ2v) is 7.46. The number of ether oxygens (including phenoxy) is 2. The molecule has 0 aliphatic carbocycles. The van der Waals surface area contributed by atoms with Crippen molar-refractivity contribution in [2.45, 2.75) is 25.8 Å². The number of aliphatic imine (C=N–C) groups is 1. The van der Waals surface area contributed by atoms with Gasteiger partial charge in [0.05, 0.1) is 13.2 Å². The molecule has 0 fully saturated rings. The van der Waals surface area contributed by atoms with Crippen molar-refractivity contribution in [3.8, 4) is 11.5 Å². The summed E-state index contributed by atoms with van der Waals surface area (Å²) in [5.74, 6) is 1.91. The Morgan fingerprint density at radius 2 is 1.94 bits per heavy atom. The molecule has 0 saturated heterocycles. The summed E-state index contributed by atoms with van der Waals surface area (Å²) in [5.41, 5.74) is 1.52. The van der Waals surface area contributed by atoms with E-state index in [4.69, 9.17) is 14.5 Å². The van der Waals surface area contributed by atoms with E-state index in [1.165, 1.54) is 6.07 Å². The van der Waals surface area contributed by atoms with Crippen LogP contribution in [0.25, 0.3) is 0 Å². The lowest BCUT2D eigenvalue weighted by molar-refractivity contribution is 0.297. The van der Waals surface area contributed by atoms with E-state index in [2.05, 4.69) is 15.7 Å². The zero-order chi connectivity index (χ0) is 22.0. The third kappa shape index (κ3) is 7.62. The van der Waals surface area contributed by atoms with Crippen molar-refractivity contribution in [1.82, 2.24) is 15.1 Å². The summed E-state index contributed by atoms with van der Waals surface area (Å²) in [6.45, 7) is 3.25. The van der Waals surface area contributed by atoms with Crippen LogP contribution in [0.2, 0.25) is 0 Å². The molecule has 1 aromatic heterocycles. The summed E-state index contributed by atoms with van der Waals surface area (Å²) in [6.07, 6.45) is 5.97. The molecule has 0 amide bonds. The van der Waals surface area contributed by atoms with Crippen molar-refractivity contribution in [3.63, 3.8) is 0 Å². The van der Waals surface area contributed by atoms with Crippen LogP contribution in [0.4, 0.5) is 10.1 Å². The van der Waals surface area contributed by atoms with Gasteiger partial charge in [0.25, 0.3) is 0 Å². The van der Waals surface area contributed by atoms with E-state index in [1.807, 2.05) is 41.2 Å². The lowest BCUT2D eigenvalue weighted by atomic mass is 10.1. The zero-order valence-electron chi connectivity index (χ0n) is 18.4. The number of hydrogen-bond acceptors (Lipinski definition) is 4. The monoisotopic (exact) mass is 565 g/mol. The van der Waals surface area contributed by atoms with Gasteiger partial charge in [-0.15, -0.1) is 24.0 Å². The van der Waals surface area contributed by atoms with E-state index in [9.17, 15) is 4.39 Å². The molecule has 0 atom stereocenters. The molecule has 2 N–H and O–H groups in total. The van der Waals surface area contributed by atoms with Crippen LogP contribution in [0.3, 0.4) is 0 Å². The summed E-state index contributed by atoms with van der Waals surface area (Å²) in [6, 6.07) is 14.5. The topological polar surface area (TPSA) is 72.7 Å². The number of nitrogens with one attached hydrogen (secondary N) is 2. The standard InChI is InChI=1S/C24H28FN5O2.HI/c25-21-7-2-1-6-19(21)10-13-27-24(26-11-3-14-30-15-4-12-28-30)29-20-8-9-22-23(18-20)32-17-5-16-31-22;/h1-2,4,6-9,12,15,18H,3,5,10-11,13-14,16-17H2,(H2,26,27,29);1H. The molecule has 33 heavy (non-hydrogen) atoms. The van der Waals surface area contributed by atoms with Crippen LogP contribution in [0.15, 0.2) is 65.9 Å². The summed E-state index contributed by atoms with van der Waals surface area (Å²) in [4.78, 5) is 4.69. The van der Waals surface area contributed by atoms with E-state index in [-0.39, 0.29) is 29.8 Å². The number of guanidine groups is 1. The van der Waals surface area contributed by atoms with Crippen LogP contribution in [-0.2, 0) is 13.0 Å². The average molecular weight is 565 g/mol. The van der Waals surface area contributed by atoms with Crippen LogP contribution in [0.5, 0.6) is 11.5 Å². The van der Waals surface area contributed by atoms with Gasteiger partial charge in [-0.05, 0) is 42.7 Å². The van der Waals surface area contributed by atoms with Gasteiger partial charge in [-0.3, -0.25) is 9.67 Å². The van der Waals surface area contributed by atoms with Crippen LogP contribution >= 0.6 is 24.0 Å². The van der Waals surface area contributed by atoms with E-state index < -0.39 is 0 Å². The average Bonchev–Trinajstić information content (AvgIpc) is 3.21. The number of fused-ring (bicyclic) bond motifs is 1. The molecule has 2 aromatic carbocycles. The van der Waals surface area contributed by atoms with Crippen molar-refractivity contribution in [2.24, 2.45) is 4.99 Å². The Labute approximate surface area is 210 Å². The van der Waals surface area contributed by atoms with Gasteiger partial charge in [0.2, 0.25) is 0 Å². The van der Waals surface area contributed by atoms with Crippen LogP contribution in [-0.4, -0.2) is 42.0 Å². The first-order chi connectivity index (χ1) is 15.8. The quantitative estimate of drug-likeness (QED) is 0.182. The molecule has 176 valence electrons. The molecule has 0 unspecified atom stereocenters. The molecule has 0 radical (unpaired) electrons. The molecule has 4 rings (SSSR count). The normalized spacial score (nSPS) is 13.1. The number of anilines is 1. The molecule has 2 heterocycles. The fourth-order valence-electron chi connectivity index (χ4n) is 3.39. The summed E-state index contributed by atoms with van der Waals surface area (Å²) in [5, 5.41) is 10.9. The minimum atomic E-state index is -0.192. The number of aromatic nitrogens is 2. The minimum Gasteiger partial charge on any atom is -0.490 e. The maximum Gasteiger partial charge on any atom is 0.195 e. The number of nitrogens with zero attached hydrogens (tertiary/aromatic N) is 3. The Balaban J connectivity index is 0.00000306.